The van der Waals surface area contributed by atoms with E-state index >= 15 is 0 Å². The Morgan fingerprint density at radius 3 is 2.00 bits per heavy atom. The minimum atomic E-state index is 0.566. The van der Waals surface area contributed by atoms with Gasteiger partial charge in [-0.05, 0) is 108 Å². The Labute approximate surface area is 223 Å². The van der Waals surface area contributed by atoms with Gasteiger partial charge in [-0.2, -0.15) is 0 Å². The van der Waals surface area contributed by atoms with E-state index in [1.54, 1.807) is 22.3 Å². The molecule has 0 radical (unpaired) electrons. The third kappa shape index (κ3) is 11.2. The highest BCUT2D eigenvalue weighted by Crippen LogP contribution is 2.31. The topological polar surface area (TPSA) is 0 Å². The molecule has 0 spiro atoms. The fraction of sp³-hybridized carbons (Fsp3) is 0.500. The molecule has 0 heteroatoms. The van der Waals surface area contributed by atoms with Crippen LogP contribution in [-0.2, 0) is 0 Å². The summed E-state index contributed by atoms with van der Waals surface area (Å²) in [5.74, 6) is 1.99. The number of rotatable bonds is 11. The van der Waals surface area contributed by atoms with Gasteiger partial charge in [-0.25, -0.2) is 0 Å². The summed E-state index contributed by atoms with van der Waals surface area (Å²) >= 11 is 0. The smallest absolute Gasteiger partial charge is 0.0166 e. The van der Waals surface area contributed by atoms with Gasteiger partial charge in [0.1, 0.15) is 0 Å². The van der Waals surface area contributed by atoms with Crippen LogP contribution in [0.15, 0.2) is 106 Å². The summed E-state index contributed by atoms with van der Waals surface area (Å²) in [5, 5.41) is 0. The maximum atomic E-state index is 2.37. The van der Waals surface area contributed by atoms with Crippen molar-refractivity contribution in [2.45, 2.75) is 99.8 Å². The number of hydrogen-bond donors (Lipinski definition) is 0. The summed E-state index contributed by atoms with van der Waals surface area (Å²) in [6.45, 7) is 16.0. The average Bonchev–Trinajstić information content (AvgIpc) is 2.83. The lowest BCUT2D eigenvalue weighted by molar-refractivity contribution is 0.546. The highest BCUT2D eigenvalue weighted by molar-refractivity contribution is 5.35. The van der Waals surface area contributed by atoms with Crippen molar-refractivity contribution in [1.82, 2.24) is 0 Å². The zero-order valence-electron chi connectivity index (χ0n) is 24.3. The summed E-state index contributed by atoms with van der Waals surface area (Å²) in [7, 11) is 0. The van der Waals surface area contributed by atoms with Gasteiger partial charge in [0, 0.05) is 0 Å². The van der Waals surface area contributed by atoms with Crippen molar-refractivity contribution in [3.63, 3.8) is 0 Å². The monoisotopic (exact) mass is 484 g/mol. The Bertz CT molecular complexity index is 964. The second-order valence-electron chi connectivity index (χ2n) is 11.3. The maximum Gasteiger partial charge on any atom is -0.0166 e. The quantitative estimate of drug-likeness (QED) is 0.202. The second kappa shape index (κ2) is 16.4. The predicted molar refractivity (Wildman–Crippen MR) is 163 cm³/mol. The average molecular weight is 485 g/mol. The molecule has 196 valence electrons. The minimum absolute atomic E-state index is 0.566. The van der Waals surface area contributed by atoms with Crippen molar-refractivity contribution < 1.29 is 0 Å². The third-order valence-electron chi connectivity index (χ3n) is 7.71. The zero-order chi connectivity index (χ0) is 26.3. The van der Waals surface area contributed by atoms with Crippen LogP contribution >= 0.6 is 0 Å². The molecule has 2 rings (SSSR count). The molecule has 0 bridgehead atoms. The summed E-state index contributed by atoms with van der Waals surface area (Å²) in [4.78, 5) is 0. The van der Waals surface area contributed by atoms with Gasteiger partial charge in [0.2, 0.25) is 0 Å². The van der Waals surface area contributed by atoms with Crippen molar-refractivity contribution in [2.75, 3.05) is 0 Å². The predicted octanol–water partition coefficient (Wildman–Crippen LogP) is 11.3. The molecule has 0 heterocycles. The second-order valence-corrected chi connectivity index (χ2v) is 11.3. The fourth-order valence-corrected chi connectivity index (χ4v) is 5.26. The van der Waals surface area contributed by atoms with Crippen molar-refractivity contribution >= 4 is 0 Å². The van der Waals surface area contributed by atoms with E-state index in [1.807, 2.05) is 0 Å². The van der Waals surface area contributed by atoms with Crippen LogP contribution in [0.25, 0.3) is 0 Å². The van der Waals surface area contributed by atoms with Gasteiger partial charge in [-0.15, -0.1) is 0 Å². The highest BCUT2D eigenvalue weighted by Gasteiger charge is 2.15. The Morgan fingerprint density at radius 1 is 0.778 bits per heavy atom. The van der Waals surface area contributed by atoms with Crippen LogP contribution in [0.3, 0.4) is 0 Å². The van der Waals surface area contributed by atoms with Crippen molar-refractivity contribution in [2.24, 2.45) is 17.8 Å². The van der Waals surface area contributed by atoms with Crippen molar-refractivity contribution in [1.29, 1.82) is 0 Å². The first-order valence-corrected chi connectivity index (χ1v) is 14.4. The van der Waals surface area contributed by atoms with Gasteiger partial charge in [-0.3, -0.25) is 0 Å². The largest absolute Gasteiger partial charge is 0.0851 e. The summed E-state index contributed by atoms with van der Waals surface area (Å²) in [5.41, 5.74) is 8.84. The SMILES string of the molecule is CC1=C(/C=C/C/C=C/C(C)C/C=C/C=C(C)/C=C/C=C(C)/C=C/C2=C(C)CCCC2C)C(C)CCC1. The standard InChI is InChI=1S/C36H52/c1-28(16-9-8-10-25-35-31(4)21-14-22-32(35)5)17-11-12-18-29(2)19-13-20-30(3)26-27-36-33(6)23-15-24-34(36)7/h9-13,16,18-20,25-28,31,33H,8,14-15,17,21-24H2,1-7H3/b12-11+,16-9+,19-13+,25-10+,27-26+,29-18+,30-20+. The Morgan fingerprint density at radius 2 is 1.36 bits per heavy atom. The lowest BCUT2D eigenvalue weighted by Gasteiger charge is -2.22. The molecule has 2 aliphatic carbocycles. The fourth-order valence-electron chi connectivity index (χ4n) is 5.26. The van der Waals surface area contributed by atoms with E-state index in [1.165, 1.54) is 49.7 Å². The van der Waals surface area contributed by atoms with Gasteiger partial charge in [0.05, 0.1) is 0 Å². The molecule has 2 aliphatic rings. The van der Waals surface area contributed by atoms with E-state index in [0.717, 1.165) is 18.8 Å². The molecule has 0 aromatic rings. The molecule has 0 saturated heterocycles. The molecule has 3 unspecified atom stereocenters. The van der Waals surface area contributed by atoms with Crippen LogP contribution < -0.4 is 0 Å². The molecular weight excluding hydrogens is 432 g/mol. The van der Waals surface area contributed by atoms with Gasteiger partial charge in [-0.1, -0.05) is 116 Å². The van der Waals surface area contributed by atoms with Gasteiger partial charge >= 0.3 is 0 Å². The third-order valence-corrected chi connectivity index (χ3v) is 7.71. The Kier molecular flexibility index (Phi) is 13.6. The molecule has 36 heavy (non-hydrogen) atoms. The maximum absolute atomic E-state index is 2.37. The van der Waals surface area contributed by atoms with Crippen LogP contribution in [0, 0.1) is 17.8 Å². The first-order valence-electron chi connectivity index (χ1n) is 14.4. The van der Waals surface area contributed by atoms with E-state index in [0.29, 0.717) is 11.8 Å². The molecule has 0 nitrogen and oxygen atoms in total. The van der Waals surface area contributed by atoms with E-state index in [2.05, 4.69) is 121 Å². The van der Waals surface area contributed by atoms with Gasteiger partial charge in [0.15, 0.2) is 0 Å². The number of hydrogen-bond acceptors (Lipinski definition) is 0. The Balaban J connectivity index is 1.73. The lowest BCUT2D eigenvalue weighted by Crippen LogP contribution is -2.06. The Hall–Kier alpha value is -2.34. The van der Waals surface area contributed by atoms with Crippen molar-refractivity contribution in [3.8, 4) is 0 Å². The van der Waals surface area contributed by atoms with Gasteiger partial charge in [0.25, 0.3) is 0 Å². The summed E-state index contributed by atoms with van der Waals surface area (Å²) < 4.78 is 0. The molecule has 0 fully saturated rings. The first-order chi connectivity index (χ1) is 17.3. The van der Waals surface area contributed by atoms with Crippen LogP contribution in [0.4, 0.5) is 0 Å². The molecule has 0 N–H and O–H groups in total. The summed E-state index contributed by atoms with van der Waals surface area (Å²) in [6.07, 6.45) is 37.2. The highest BCUT2D eigenvalue weighted by atomic mass is 14.2. The molecular formula is C36H52. The van der Waals surface area contributed by atoms with Crippen LogP contribution in [0.2, 0.25) is 0 Å². The number of allylic oxidation sites excluding steroid dienone is 18. The van der Waals surface area contributed by atoms with Crippen LogP contribution in [0.5, 0.6) is 0 Å². The van der Waals surface area contributed by atoms with Gasteiger partial charge < -0.3 is 0 Å². The van der Waals surface area contributed by atoms with Crippen LogP contribution in [0.1, 0.15) is 99.8 Å². The lowest BCUT2D eigenvalue weighted by atomic mass is 9.84. The molecule has 0 aliphatic heterocycles. The normalized spacial score (nSPS) is 24.1. The molecule has 0 saturated carbocycles. The first kappa shape index (κ1) is 29.9. The van der Waals surface area contributed by atoms with Crippen LogP contribution in [-0.4, -0.2) is 0 Å². The molecule has 3 atom stereocenters. The van der Waals surface area contributed by atoms with E-state index in [-0.39, 0.29) is 0 Å². The summed E-state index contributed by atoms with van der Waals surface area (Å²) in [6, 6.07) is 0. The van der Waals surface area contributed by atoms with Crippen molar-refractivity contribution in [3.05, 3.63) is 106 Å². The molecule has 0 amide bonds. The van der Waals surface area contributed by atoms with E-state index in [9.17, 15) is 0 Å². The van der Waals surface area contributed by atoms with E-state index in [4.69, 9.17) is 0 Å². The zero-order valence-corrected chi connectivity index (χ0v) is 24.3. The van der Waals surface area contributed by atoms with E-state index < -0.39 is 0 Å². The minimum Gasteiger partial charge on any atom is -0.0851 e. The molecule has 0 aromatic carbocycles. The molecule has 0 aromatic heterocycles.